The standard InChI is InChI=1S/C10H9BrN2O4S/c1-18(14,15)16-6-8-4-10(17-13-8)9-3-2-7(11)5-12-9/h2-5H,6H2,1H3. The number of aromatic nitrogens is 2. The average Bonchev–Trinajstić information content (AvgIpc) is 2.75. The summed E-state index contributed by atoms with van der Waals surface area (Å²) in [5.41, 5.74) is 0.997. The van der Waals surface area contributed by atoms with Crippen LogP contribution in [-0.2, 0) is 20.9 Å². The van der Waals surface area contributed by atoms with Crippen molar-refractivity contribution in [3.8, 4) is 11.5 Å². The van der Waals surface area contributed by atoms with Crippen LogP contribution in [0, 0.1) is 0 Å². The zero-order valence-corrected chi connectivity index (χ0v) is 11.7. The van der Waals surface area contributed by atoms with Gasteiger partial charge in [0.15, 0.2) is 5.76 Å². The highest BCUT2D eigenvalue weighted by molar-refractivity contribution is 9.10. The molecule has 0 saturated heterocycles. The van der Waals surface area contributed by atoms with Gasteiger partial charge in [0.05, 0.1) is 6.26 Å². The second-order valence-corrected chi connectivity index (χ2v) is 6.07. The summed E-state index contributed by atoms with van der Waals surface area (Å²) < 4.78 is 32.2. The molecule has 2 aromatic heterocycles. The summed E-state index contributed by atoms with van der Waals surface area (Å²) in [6.45, 7) is -0.154. The largest absolute Gasteiger partial charge is 0.354 e. The molecule has 0 atom stereocenters. The van der Waals surface area contributed by atoms with E-state index in [9.17, 15) is 8.42 Å². The molecule has 0 aliphatic rings. The third-order valence-corrected chi connectivity index (χ3v) is 2.97. The highest BCUT2D eigenvalue weighted by atomic mass is 79.9. The monoisotopic (exact) mass is 332 g/mol. The molecule has 96 valence electrons. The van der Waals surface area contributed by atoms with Crippen LogP contribution in [0.1, 0.15) is 5.69 Å². The first-order valence-electron chi connectivity index (χ1n) is 4.86. The molecule has 0 amide bonds. The lowest BCUT2D eigenvalue weighted by Crippen LogP contribution is -2.02. The Labute approximate surface area is 112 Å². The molecule has 0 bridgehead atoms. The maximum Gasteiger partial charge on any atom is 0.264 e. The molecular formula is C10H9BrN2O4S. The molecule has 18 heavy (non-hydrogen) atoms. The van der Waals surface area contributed by atoms with Gasteiger partial charge in [0.1, 0.15) is 18.0 Å². The van der Waals surface area contributed by atoms with Crippen molar-refractivity contribution in [1.29, 1.82) is 0 Å². The van der Waals surface area contributed by atoms with E-state index >= 15 is 0 Å². The SMILES string of the molecule is CS(=O)(=O)OCc1cc(-c2ccc(Br)cn2)on1. The topological polar surface area (TPSA) is 82.3 Å². The fourth-order valence-corrected chi connectivity index (χ4v) is 1.76. The summed E-state index contributed by atoms with van der Waals surface area (Å²) in [6.07, 6.45) is 2.61. The fourth-order valence-electron chi connectivity index (χ4n) is 1.19. The van der Waals surface area contributed by atoms with Gasteiger partial charge in [0.2, 0.25) is 0 Å². The molecule has 8 heteroatoms. The van der Waals surface area contributed by atoms with Crippen LogP contribution < -0.4 is 0 Å². The molecule has 0 saturated carbocycles. The minimum atomic E-state index is -3.49. The van der Waals surface area contributed by atoms with Gasteiger partial charge in [-0.1, -0.05) is 5.16 Å². The van der Waals surface area contributed by atoms with Crippen molar-refractivity contribution in [1.82, 2.24) is 10.1 Å². The van der Waals surface area contributed by atoms with Gasteiger partial charge in [-0.25, -0.2) is 0 Å². The van der Waals surface area contributed by atoms with Crippen molar-refractivity contribution < 1.29 is 17.1 Å². The Morgan fingerprint density at radius 2 is 2.22 bits per heavy atom. The van der Waals surface area contributed by atoms with Crippen LogP contribution in [0.15, 0.2) is 33.4 Å². The molecule has 0 unspecified atom stereocenters. The second-order valence-electron chi connectivity index (χ2n) is 3.51. The van der Waals surface area contributed by atoms with Gasteiger partial charge in [-0.2, -0.15) is 8.42 Å². The Bertz CT molecular complexity index is 636. The summed E-state index contributed by atoms with van der Waals surface area (Å²) in [4.78, 5) is 4.13. The van der Waals surface area contributed by atoms with E-state index in [1.165, 1.54) is 0 Å². The van der Waals surface area contributed by atoms with Crippen molar-refractivity contribution >= 4 is 26.0 Å². The highest BCUT2D eigenvalue weighted by Gasteiger charge is 2.10. The molecule has 2 rings (SSSR count). The molecule has 0 aliphatic carbocycles. The van der Waals surface area contributed by atoms with Crippen LogP contribution >= 0.6 is 15.9 Å². The van der Waals surface area contributed by atoms with E-state index in [4.69, 9.17) is 4.52 Å². The van der Waals surface area contributed by atoms with Gasteiger partial charge in [-0.05, 0) is 28.1 Å². The van der Waals surface area contributed by atoms with Gasteiger partial charge in [0.25, 0.3) is 10.1 Å². The quantitative estimate of drug-likeness (QED) is 0.796. The van der Waals surface area contributed by atoms with E-state index < -0.39 is 10.1 Å². The number of hydrogen-bond donors (Lipinski definition) is 0. The van der Waals surface area contributed by atoms with Crippen LogP contribution in [0.4, 0.5) is 0 Å². The third-order valence-electron chi connectivity index (χ3n) is 1.96. The van der Waals surface area contributed by atoms with Gasteiger partial charge in [-0.15, -0.1) is 0 Å². The predicted octanol–water partition coefficient (Wildman–Crippen LogP) is 1.98. The number of halogens is 1. The Morgan fingerprint density at radius 1 is 1.44 bits per heavy atom. The molecule has 0 spiro atoms. The molecular weight excluding hydrogens is 324 g/mol. The van der Waals surface area contributed by atoms with E-state index in [-0.39, 0.29) is 6.61 Å². The molecule has 0 aromatic carbocycles. The lowest BCUT2D eigenvalue weighted by molar-refractivity contribution is 0.296. The fraction of sp³-hybridized carbons (Fsp3) is 0.200. The molecule has 0 fully saturated rings. The lowest BCUT2D eigenvalue weighted by atomic mass is 10.3. The van der Waals surface area contributed by atoms with Crippen molar-refractivity contribution in [2.45, 2.75) is 6.61 Å². The van der Waals surface area contributed by atoms with Gasteiger partial charge in [-0.3, -0.25) is 9.17 Å². The van der Waals surface area contributed by atoms with Crippen molar-refractivity contribution in [3.05, 3.63) is 34.6 Å². The summed E-state index contributed by atoms with van der Waals surface area (Å²) in [5.74, 6) is 0.453. The molecule has 2 aromatic rings. The van der Waals surface area contributed by atoms with Crippen LogP contribution in [0.2, 0.25) is 0 Å². The zero-order valence-electron chi connectivity index (χ0n) is 9.33. The van der Waals surface area contributed by atoms with Gasteiger partial charge >= 0.3 is 0 Å². The molecule has 0 N–H and O–H groups in total. The Morgan fingerprint density at radius 3 is 2.83 bits per heavy atom. The number of pyridine rings is 1. The first-order valence-corrected chi connectivity index (χ1v) is 7.47. The summed E-state index contributed by atoms with van der Waals surface area (Å²) in [5, 5.41) is 3.70. The third kappa shape index (κ3) is 3.62. The van der Waals surface area contributed by atoms with Crippen LogP contribution in [0.3, 0.4) is 0 Å². The molecule has 2 heterocycles. The summed E-state index contributed by atoms with van der Waals surface area (Å²) in [6, 6.07) is 5.16. The maximum atomic E-state index is 10.8. The van der Waals surface area contributed by atoms with E-state index in [2.05, 4.69) is 30.3 Å². The lowest BCUT2D eigenvalue weighted by Gasteiger charge is -1.95. The minimum Gasteiger partial charge on any atom is -0.354 e. The van der Waals surface area contributed by atoms with Crippen molar-refractivity contribution in [2.24, 2.45) is 0 Å². The first kappa shape index (κ1) is 13.2. The predicted molar refractivity (Wildman–Crippen MR) is 67.1 cm³/mol. The summed E-state index contributed by atoms with van der Waals surface area (Å²) >= 11 is 3.27. The second kappa shape index (κ2) is 5.17. The normalized spacial score (nSPS) is 11.7. The molecule has 6 nitrogen and oxygen atoms in total. The molecule has 0 radical (unpaired) electrons. The Hall–Kier alpha value is -1.25. The van der Waals surface area contributed by atoms with Gasteiger partial charge < -0.3 is 4.52 Å². The summed E-state index contributed by atoms with van der Waals surface area (Å²) in [7, 11) is -3.49. The Balaban J connectivity index is 2.13. The number of hydrogen-bond acceptors (Lipinski definition) is 6. The number of nitrogens with zero attached hydrogens (tertiary/aromatic N) is 2. The minimum absolute atomic E-state index is 0.154. The van der Waals surface area contributed by atoms with Crippen LogP contribution in [0.5, 0.6) is 0 Å². The van der Waals surface area contributed by atoms with Crippen LogP contribution in [0.25, 0.3) is 11.5 Å². The van der Waals surface area contributed by atoms with E-state index in [0.29, 0.717) is 17.1 Å². The maximum absolute atomic E-state index is 10.8. The zero-order chi connectivity index (χ0) is 13.2. The smallest absolute Gasteiger partial charge is 0.264 e. The van der Waals surface area contributed by atoms with Gasteiger partial charge in [0, 0.05) is 16.7 Å². The first-order chi connectivity index (χ1) is 8.44. The van der Waals surface area contributed by atoms with Crippen molar-refractivity contribution in [2.75, 3.05) is 6.26 Å². The van der Waals surface area contributed by atoms with Crippen LogP contribution in [-0.4, -0.2) is 24.8 Å². The average molecular weight is 333 g/mol. The van der Waals surface area contributed by atoms with E-state index in [1.54, 1.807) is 18.3 Å². The highest BCUT2D eigenvalue weighted by Crippen LogP contribution is 2.20. The molecule has 0 aliphatic heterocycles. The van der Waals surface area contributed by atoms with Crippen molar-refractivity contribution in [3.63, 3.8) is 0 Å². The van der Waals surface area contributed by atoms with E-state index in [0.717, 1.165) is 10.7 Å². The Kier molecular flexibility index (Phi) is 3.79. The number of rotatable bonds is 4. The van der Waals surface area contributed by atoms with E-state index in [1.807, 2.05) is 6.07 Å².